The molecule has 0 radical (unpaired) electrons. The van der Waals surface area contributed by atoms with E-state index < -0.39 is 15.7 Å². The number of nitrogens with one attached hydrogen (secondary N) is 1. The summed E-state index contributed by atoms with van der Waals surface area (Å²) in [6.07, 6.45) is 0. The van der Waals surface area contributed by atoms with Crippen molar-refractivity contribution in [3.8, 4) is 22.7 Å². The van der Waals surface area contributed by atoms with Crippen molar-refractivity contribution in [1.29, 1.82) is 0 Å². The lowest BCUT2D eigenvalue weighted by molar-refractivity contribution is 0.102. The molecule has 0 spiro atoms. The van der Waals surface area contributed by atoms with Gasteiger partial charge in [0.15, 0.2) is 9.84 Å². The van der Waals surface area contributed by atoms with Crippen LogP contribution in [0.5, 0.6) is 5.75 Å². The third-order valence-corrected chi connectivity index (χ3v) is 7.08. The van der Waals surface area contributed by atoms with Crippen LogP contribution in [0.3, 0.4) is 0 Å². The van der Waals surface area contributed by atoms with E-state index in [-0.39, 0.29) is 22.1 Å². The molecule has 168 valence electrons. The SMILES string of the molecule is CCS(=O)(=O)c1ccc(O)c(NC(=O)c2c(-c3ccccc3)nn(-c3ccccc3)c2C)c1. The molecule has 0 unspecified atom stereocenters. The van der Waals surface area contributed by atoms with Crippen LogP contribution < -0.4 is 5.32 Å². The van der Waals surface area contributed by atoms with Gasteiger partial charge in [0.1, 0.15) is 11.4 Å². The number of hydrogen-bond acceptors (Lipinski definition) is 5. The molecular weight excluding hydrogens is 438 g/mol. The molecule has 0 atom stereocenters. The lowest BCUT2D eigenvalue weighted by atomic mass is 10.1. The number of phenolic OH excluding ortho intramolecular Hbond substituents is 1. The van der Waals surface area contributed by atoms with Crippen molar-refractivity contribution in [3.63, 3.8) is 0 Å². The number of rotatable bonds is 6. The zero-order valence-corrected chi connectivity index (χ0v) is 19.0. The first-order valence-corrected chi connectivity index (χ1v) is 12.0. The van der Waals surface area contributed by atoms with Gasteiger partial charge in [-0.05, 0) is 37.3 Å². The fourth-order valence-electron chi connectivity index (χ4n) is 3.55. The Hall–Kier alpha value is -3.91. The van der Waals surface area contributed by atoms with Crippen molar-refractivity contribution < 1.29 is 18.3 Å². The molecular formula is C25H23N3O4S. The van der Waals surface area contributed by atoms with E-state index in [4.69, 9.17) is 5.10 Å². The van der Waals surface area contributed by atoms with Gasteiger partial charge in [0.05, 0.1) is 33.3 Å². The Morgan fingerprint density at radius 1 is 1.00 bits per heavy atom. The number of amides is 1. The minimum Gasteiger partial charge on any atom is -0.506 e. The predicted molar refractivity (Wildman–Crippen MR) is 128 cm³/mol. The maximum atomic E-state index is 13.4. The molecule has 4 aromatic rings. The number of sulfone groups is 1. The Morgan fingerprint density at radius 3 is 2.27 bits per heavy atom. The van der Waals surface area contributed by atoms with Gasteiger partial charge in [-0.15, -0.1) is 0 Å². The van der Waals surface area contributed by atoms with Gasteiger partial charge in [0.2, 0.25) is 0 Å². The second-order valence-electron chi connectivity index (χ2n) is 7.46. The fraction of sp³-hybridized carbons (Fsp3) is 0.120. The Labute approximate surface area is 192 Å². The van der Waals surface area contributed by atoms with Crippen LogP contribution in [0, 0.1) is 6.92 Å². The third-order valence-electron chi connectivity index (χ3n) is 5.35. The van der Waals surface area contributed by atoms with E-state index in [0.717, 1.165) is 11.3 Å². The van der Waals surface area contributed by atoms with E-state index in [1.165, 1.54) is 25.1 Å². The summed E-state index contributed by atoms with van der Waals surface area (Å²) in [6, 6.07) is 22.6. The number of anilines is 1. The molecule has 2 N–H and O–H groups in total. The summed E-state index contributed by atoms with van der Waals surface area (Å²) < 4.78 is 26.2. The van der Waals surface area contributed by atoms with Gasteiger partial charge in [-0.25, -0.2) is 13.1 Å². The summed E-state index contributed by atoms with van der Waals surface area (Å²) >= 11 is 0. The van der Waals surface area contributed by atoms with E-state index in [1.54, 1.807) is 11.6 Å². The van der Waals surface area contributed by atoms with E-state index >= 15 is 0 Å². The highest BCUT2D eigenvalue weighted by atomic mass is 32.2. The number of carbonyl (C=O) groups is 1. The first kappa shape index (κ1) is 22.3. The van der Waals surface area contributed by atoms with Gasteiger partial charge in [-0.1, -0.05) is 55.5 Å². The normalized spacial score (nSPS) is 11.3. The molecule has 0 saturated carbocycles. The number of aromatic hydroxyl groups is 1. The molecule has 3 aromatic carbocycles. The molecule has 4 rings (SSSR count). The largest absolute Gasteiger partial charge is 0.506 e. The highest BCUT2D eigenvalue weighted by Gasteiger charge is 2.24. The van der Waals surface area contributed by atoms with Gasteiger partial charge in [0, 0.05) is 5.56 Å². The average Bonchev–Trinajstić information content (AvgIpc) is 3.18. The summed E-state index contributed by atoms with van der Waals surface area (Å²) in [4.78, 5) is 13.5. The van der Waals surface area contributed by atoms with Crippen LogP contribution in [0.25, 0.3) is 16.9 Å². The number of hydrogen-bond donors (Lipinski definition) is 2. The second-order valence-corrected chi connectivity index (χ2v) is 9.74. The summed E-state index contributed by atoms with van der Waals surface area (Å²) in [5.74, 6) is -0.825. The van der Waals surface area contributed by atoms with E-state index in [9.17, 15) is 18.3 Å². The number of aromatic nitrogens is 2. The van der Waals surface area contributed by atoms with Crippen molar-refractivity contribution in [2.24, 2.45) is 0 Å². The summed E-state index contributed by atoms with van der Waals surface area (Å²) in [7, 11) is -3.51. The van der Waals surface area contributed by atoms with E-state index in [0.29, 0.717) is 17.0 Å². The lowest BCUT2D eigenvalue weighted by Gasteiger charge is -2.11. The maximum absolute atomic E-state index is 13.4. The van der Waals surface area contributed by atoms with Crippen LogP contribution in [0.1, 0.15) is 23.0 Å². The monoisotopic (exact) mass is 461 g/mol. The van der Waals surface area contributed by atoms with E-state index in [2.05, 4.69) is 5.32 Å². The molecule has 0 aliphatic carbocycles. The number of phenols is 1. The van der Waals surface area contributed by atoms with Gasteiger partial charge in [-0.3, -0.25) is 4.79 Å². The van der Waals surface area contributed by atoms with E-state index in [1.807, 2.05) is 60.7 Å². The first-order chi connectivity index (χ1) is 15.8. The van der Waals surface area contributed by atoms with Gasteiger partial charge in [-0.2, -0.15) is 5.10 Å². The van der Waals surface area contributed by atoms with Crippen LogP contribution in [0.2, 0.25) is 0 Å². The zero-order valence-electron chi connectivity index (χ0n) is 18.2. The first-order valence-electron chi connectivity index (χ1n) is 10.4. The van der Waals surface area contributed by atoms with Crippen LogP contribution in [0.15, 0.2) is 83.8 Å². The Balaban J connectivity index is 1.81. The maximum Gasteiger partial charge on any atom is 0.259 e. The van der Waals surface area contributed by atoms with Gasteiger partial charge >= 0.3 is 0 Å². The van der Waals surface area contributed by atoms with Crippen LogP contribution in [-0.2, 0) is 9.84 Å². The molecule has 0 aliphatic heterocycles. The number of carbonyl (C=O) groups excluding carboxylic acids is 1. The minimum atomic E-state index is -3.51. The highest BCUT2D eigenvalue weighted by Crippen LogP contribution is 2.31. The molecule has 0 fully saturated rings. The summed E-state index contributed by atoms with van der Waals surface area (Å²) in [6.45, 7) is 3.33. The average molecular weight is 462 g/mol. The molecule has 1 aromatic heterocycles. The van der Waals surface area contributed by atoms with Crippen molar-refractivity contribution >= 4 is 21.4 Å². The smallest absolute Gasteiger partial charge is 0.259 e. The Morgan fingerprint density at radius 2 is 1.64 bits per heavy atom. The minimum absolute atomic E-state index is 0.0143. The number of para-hydroxylation sites is 1. The molecule has 0 bridgehead atoms. The third kappa shape index (κ3) is 4.38. The van der Waals surface area contributed by atoms with Crippen LogP contribution >= 0.6 is 0 Å². The van der Waals surface area contributed by atoms with Crippen molar-refractivity contribution in [2.45, 2.75) is 18.7 Å². The van der Waals surface area contributed by atoms with Crippen LogP contribution in [0.4, 0.5) is 5.69 Å². The predicted octanol–water partition coefficient (Wildman–Crippen LogP) is 4.60. The lowest BCUT2D eigenvalue weighted by Crippen LogP contribution is -2.15. The molecule has 8 heteroatoms. The molecule has 33 heavy (non-hydrogen) atoms. The molecule has 0 aliphatic rings. The van der Waals surface area contributed by atoms with Crippen molar-refractivity contribution in [1.82, 2.24) is 9.78 Å². The Bertz CT molecular complexity index is 1410. The quantitative estimate of drug-likeness (QED) is 0.409. The van der Waals surface area contributed by atoms with Gasteiger partial charge in [0.25, 0.3) is 5.91 Å². The van der Waals surface area contributed by atoms with Crippen molar-refractivity contribution in [3.05, 3.63) is 90.1 Å². The fourth-order valence-corrected chi connectivity index (χ4v) is 4.46. The molecule has 7 nitrogen and oxygen atoms in total. The molecule has 0 saturated heterocycles. The molecule has 1 heterocycles. The van der Waals surface area contributed by atoms with Gasteiger partial charge < -0.3 is 10.4 Å². The second kappa shape index (κ2) is 8.91. The zero-order chi connectivity index (χ0) is 23.6. The number of benzene rings is 3. The highest BCUT2D eigenvalue weighted by molar-refractivity contribution is 7.91. The van der Waals surface area contributed by atoms with Crippen molar-refractivity contribution in [2.75, 3.05) is 11.1 Å². The molecule has 1 amide bonds. The van der Waals surface area contributed by atoms with Crippen LogP contribution in [-0.4, -0.2) is 35.0 Å². The number of nitrogens with zero attached hydrogens (tertiary/aromatic N) is 2. The summed E-state index contributed by atoms with van der Waals surface area (Å²) in [5, 5.41) is 17.7. The topological polar surface area (TPSA) is 101 Å². The summed E-state index contributed by atoms with van der Waals surface area (Å²) in [5.41, 5.74) is 2.98. The standard InChI is InChI=1S/C25H23N3O4S/c1-3-33(31,32)20-14-15-22(29)21(16-20)26-25(30)23-17(2)28(19-12-8-5-9-13-19)27-24(23)18-10-6-4-7-11-18/h4-16,29H,3H2,1-2H3,(H,26,30). The Kier molecular flexibility index (Phi) is 6.02.